The van der Waals surface area contributed by atoms with Crippen LogP contribution in [0.1, 0.15) is 11.3 Å². The molecule has 0 aliphatic heterocycles. The predicted octanol–water partition coefficient (Wildman–Crippen LogP) is 0.379. The SMILES string of the molecule is N#Cc1cn[nH]c1C=CC(=O)O. The molecule has 0 aliphatic rings. The van der Waals surface area contributed by atoms with Crippen molar-refractivity contribution >= 4 is 12.0 Å². The number of hydrogen-bond acceptors (Lipinski definition) is 3. The minimum absolute atomic E-state index is 0.326. The minimum Gasteiger partial charge on any atom is -0.478 e. The van der Waals surface area contributed by atoms with Crippen LogP contribution in [-0.2, 0) is 4.79 Å². The lowest BCUT2D eigenvalue weighted by Gasteiger charge is -1.83. The number of carboxylic acid groups (broad SMARTS) is 1. The summed E-state index contributed by atoms with van der Waals surface area (Å²) in [7, 11) is 0. The van der Waals surface area contributed by atoms with Crippen molar-refractivity contribution in [1.82, 2.24) is 10.2 Å². The van der Waals surface area contributed by atoms with Gasteiger partial charge in [-0.2, -0.15) is 10.4 Å². The van der Waals surface area contributed by atoms with E-state index in [0.717, 1.165) is 6.08 Å². The third kappa shape index (κ3) is 1.70. The molecule has 0 aliphatic carbocycles. The molecule has 0 radical (unpaired) electrons. The van der Waals surface area contributed by atoms with Crippen molar-refractivity contribution in [3.63, 3.8) is 0 Å². The molecule has 0 fully saturated rings. The van der Waals surface area contributed by atoms with E-state index >= 15 is 0 Å². The number of nitrogens with one attached hydrogen (secondary N) is 1. The van der Waals surface area contributed by atoms with Gasteiger partial charge in [0.2, 0.25) is 0 Å². The highest BCUT2D eigenvalue weighted by atomic mass is 16.4. The molecular weight excluding hydrogens is 158 g/mol. The van der Waals surface area contributed by atoms with Crippen LogP contribution in [0.25, 0.3) is 6.08 Å². The molecule has 60 valence electrons. The van der Waals surface area contributed by atoms with Crippen LogP contribution in [0, 0.1) is 11.3 Å². The maximum atomic E-state index is 10.1. The predicted molar refractivity (Wildman–Crippen MR) is 40.0 cm³/mol. The normalized spacial score (nSPS) is 9.92. The molecule has 0 saturated carbocycles. The number of nitriles is 1. The van der Waals surface area contributed by atoms with E-state index in [4.69, 9.17) is 10.4 Å². The number of H-pyrrole nitrogens is 1. The Balaban J connectivity index is 2.90. The summed E-state index contributed by atoms with van der Waals surface area (Å²) in [6.07, 6.45) is 3.56. The molecule has 1 aromatic rings. The second-order valence-corrected chi connectivity index (χ2v) is 1.98. The molecule has 5 nitrogen and oxygen atoms in total. The third-order valence-corrected chi connectivity index (χ3v) is 1.18. The number of aromatic nitrogens is 2. The van der Waals surface area contributed by atoms with Gasteiger partial charge in [0.05, 0.1) is 17.5 Å². The van der Waals surface area contributed by atoms with E-state index in [0.29, 0.717) is 11.3 Å². The highest BCUT2D eigenvalue weighted by Crippen LogP contribution is 2.03. The van der Waals surface area contributed by atoms with Crippen LogP contribution < -0.4 is 0 Å². The van der Waals surface area contributed by atoms with Gasteiger partial charge < -0.3 is 5.11 Å². The van der Waals surface area contributed by atoms with Crippen LogP contribution in [0.5, 0.6) is 0 Å². The van der Waals surface area contributed by atoms with Gasteiger partial charge in [-0.1, -0.05) is 0 Å². The van der Waals surface area contributed by atoms with Crippen LogP contribution in [0.3, 0.4) is 0 Å². The molecule has 12 heavy (non-hydrogen) atoms. The highest BCUT2D eigenvalue weighted by Gasteiger charge is 1.99. The Morgan fingerprint density at radius 2 is 2.58 bits per heavy atom. The number of carboxylic acids is 1. The summed E-state index contributed by atoms with van der Waals surface area (Å²) in [5.41, 5.74) is 0.729. The monoisotopic (exact) mass is 163 g/mol. The highest BCUT2D eigenvalue weighted by molar-refractivity contribution is 5.85. The van der Waals surface area contributed by atoms with Gasteiger partial charge in [-0.05, 0) is 6.08 Å². The molecule has 0 saturated heterocycles. The zero-order chi connectivity index (χ0) is 8.97. The van der Waals surface area contributed by atoms with Gasteiger partial charge in [-0.25, -0.2) is 4.79 Å². The first-order chi connectivity index (χ1) is 5.74. The molecule has 0 unspecified atom stereocenters. The number of nitrogens with zero attached hydrogens (tertiary/aromatic N) is 2. The van der Waals surface area contributed by atoms with E-state index in [2.05, 4.69) is 10.2 Å². The van der Waals surface area contributed by atoms with E-state index in [1.165, 1.54) is 12.3 Å². The summed E-state index contributed by atoms with van der Waals surface area (Å²) < 4.78 is 0. The Hall–Kier alpha value is -2.09. The second kappa shape index (κ2) is 3.34. The number of hydrogen-bond donors (Lipinski definition) is 2. The Kier molecular flexibility index (Phi) is 2.23. The van der Waals surface area contributed by atoms with Crippen molar-refractivity contribution in [2.75, 3.05) is 0 Å². The number of aliphatic carboxylic acids is 1. The molecule has 0 amide bonds. The third-order valence-electron chi connectivity index (χ3n) is 1.18. The van der Waals surface area contributed by atoms with Crippen LogP contribution in [0.2, 0.25) is 0 Å². The molecule has 5 heteroatoms. The number of aromatic amines is 1. The first-order valence-corrected chi connectivity index (χ1v) is 3.08. The average molecular weight is 163 g/mol. The van der Waals surface area contributed by atoms with Crippen molar-refractivity contribution in [2.24, 2.45) is 0 Å². The van der Waals surface area contributed by atoms with Gasteiger partial charge in [0.25, 0.3) is 0 Å². The zero-order valence-corrected chi connectivity index (χ0v) is 5.98. The topological polar surface area (TPSA) is 89.8 Å². The molecule has 1 heterocycles. The van der Waals surface area contributed by atoms with Crippen molar-refractivity contribution in [3.8, 4) is 6.07 Å². The lowest BCUT2D eigenvalue weighted by Crippen LogP contribution is -1.86. The van der Waals surface area contributed by atoms with Gasteiger partial charge in [0.1, 0.15) is 6.07 Å². The van der Waals surface area contributed by atoms with E-state index in [1.807, 2.05) is 6.07 Å². The number of rotatable bonds is 2. The second-order valence-electron chi connectivity index (χ2n) is 1.98. The summed E-state index contributed by atoms with van der Waals surface area (Å²) in [4.78, 5) is 10.1. The quantitative estimate of drug-likeness (QED) is 0.616. The van der Waals surface area contributed by atoms with Gasteiger partial charge in [0.15, 0.2) is 0 Å². The summed E-state index contributed by atoms with van der Waals surface area (Å²) in [5.74, 6) is -1.06. The molecule has 2 N–H and O–H groups in total. The van der Waals surface area contributed by atoms with Crippen LogP contribution in [-0.4, -0.2) is 21.3 Å². The maximum Gasteiger partial charge on any atom is 0.328 e. The van der Waals surface area contributed by atoms with E-state index in [1.54, 1.807) is 0 Å². The number of carbonyl (C=O) groups is 1. The summed E-state index contributed by atoms with van der Waals surface area (Å²) in [6, 6.07) is 1.86. The molecule has 0 spiro atoms. The fourth-order valence-electron chi connectivity index (χ4n) is 0.667. The van der Waals surface area contributed by atoms with E-state index in [-0.39, 0.29) is 0 Å². The van der Waals surface area contributed by atoms with Crippen LogP contribution in [0.15, 0.2) is 12.3 Å². The van der Waals surface area contributed by atoms with Gasteiger partial charge in [0, 0.05) is 6.08 Å². The van der Waals surface area contributed by atoms with Gasteiger partial charge in [-0.15, -0.1) is 0 Å². The molecular formula is C7H5N3O2. The maximum absolute atomic E-state index is 10.1. The van der Waals surface area contributed by atoms with Crippen molar-refractivity contribution in [3.05, 3.63) is 23.5 Å². The Bertz CT molecular complexity index is 359. The van der Waals surface area contributed by atoms with E-state index < -0.39 is 5.97 Å². The molecule has 1 aromatic heterocycles. The van der Waals surface area contributed by atoms with Crippen molar-refractivity contribution in [2.45, 2.75) is 0 Å². The fourth-order valence-corrected chi connectivity index (χ4v) is 0.667. The minimum atomic E-state index is -1.06. The fraction of sp³-hybridized carbons (Fsp3) is 0. The summed E-state index contributed by atoms with van der Waals surface area (Å²) in [5, 5.41) is 22.8. The molecule has 0 bridgehead atoms. The lowest BCUT2D eigenvalue weighted by atomic mass is 10.2. The summed E-state index contributed by atoms with van der Waals surface area (Å²) in [6.45, 7) is 0. The largest absolute Gasteiger partial charge is 0.478 e. The Labute approximate surface area is 67.9 Å². The van der Waals surface area contributed by atoms with E-state index in [9.17, 15) is 4.79 Å². The van der Waals surface area contributed by atoms with Crippen molar-refractivity contribution < 1.29 is 9.90 Å². The summed E-state index contributed by atoms with van der Waals surface area (Å²) >= 11 is 0. The van der Waals surface area contributed by atoms with Crippen molar-refractivity contribution in [1.29, 1.82) is 5.26 Å². The van der Waals surface area contributed by atoms with Gasteiger partial charge in [-0.3, -0.25) is 5.10 Å². The zero-order valence-electron chi connectivity index (χ0n) is 5.98. The molecule has 0 aromatic carbocycles. The Morgan fingerprint density at radius 1 is 1.83 bits per heavy atom. The average Bonchev–Trinajstić information content (AvgIpc) is 2.47. The Morgan fingerprint density at radius 3 is 3.17 bits per heavy atom. The molecule has 0 atom stereocenters. The molecule has 1 rings (SSSR count). The smallest absolute Gasteiger partial charge is 0.328 e. The van der Waals surface area contributed by atoms with Crippen LogP contribution >= 0.6 is 0 Å². The van der Waals surface area contributed by atoms with Crippen LogP contribution in [0.4, 0.5) is 0 Å². The van der Waals surface area contributed by atoms with Gasteiger partial charge >= 0.3 is 5.97 Å². The first kappa shape index (κ1) is 8.01. The first-order valence-electron chi connectivity index (χ1n) is 3.08. The standard InChI is InChI=1S/C7H5N3O2/c8-3-5-4-9-10-6(5)1-2-7(11)12/h1-2,4H,(H,9,10)(H,11,12). The lowest BCUT2D eigenvalue weighted by molar-refractivity contribution is -0.131.